The predicted molar refractivity (Wildman–Crippen MR) is 118 cm³/mol. The molecule has 1 radical (unpaired) electrons. The summed E-state index contributed by atoms with van der Waals surface area (Å²) in [5.41, 5.74) is 10.5. The summed E-state index contributed by atoms with van der Waals surface area (Å²) in [6.07, 6.45) is 3.01. The van der Waals surface area contributed by atoms with Gasteiger partial charge in [-0.3, -0.25) is 14.6 Å². The minimum Gasteiger partial charge on any atom is -0.464 e. The quantitative estimate of drug-likeness (QED) is 0.252. The van der Waals surface area contributed by atoms with Gasteiger partial charge < -0.3 is 4.42 Å². The Labute approximate surface area is 194 Å². The van der Waals surface area contributed by atoms with Crippen LogP contribution in [0, 0.1) is 33.8 Å². The number of aryl methyl sites for hydroxylation is 4. The summed E-state index contributed by atoms with van der Waals surface area (Å²) >= 11 is 0. The molecule has 0 aliphatic heterocycles. The normalized spacial score (nSPS) is 11.0. The van der Waals surface area contributed by atoms with Crippen LogP contribution in [0.25, 0.3) is 39.3 Å². The first-order chi connectivity index (χ1) is 14.5. The maximum Gasteiger partial charge on any atom is 0.170 e. The molecule has 2 heterocycles. The fourth-order valence-electron chi connectivity index (χ4n) is 4.28. The Morgan fingerprint density at radius 1 is 0.903 bits per heavy atom. The molecular weight excluding hydrogens is 565 g/mol. The van der Waals surface area contributed by atoms with E-state index < -0.39 is 0 Å². The molecule has 0 amide bonds. The van der Waals surface area contributed by atoms with Crippen LogP contribution in [-0.4, -0.2) is 19.7 Å². The summed E-state index contributed by atoms with van der Waals surface area (Å²) < 4.78 is 7.32. The Balaban J connectivity index is 0.00000231. The molecule has 5 rings (SSSR count). The first-order valence-electron chi connectivity index (χ1n) is 9.87. The Bertz CT molecular complexity index is 1360. The number of hydrogen-bond acceptors (Lipinski definition) is 4. The zero-order valence-electron chi connectivity index (χ0n) is 17.7. The van der Waals surface area contributed by atoms with Crippen molar-refractivity contribution in [2.24, 2.45) is 0 Å². The van der Waals surface area contributed by atoms with Crippen molar-refractivity contribution in [1.29, 1.82) is 0 Å². The van der Waals surface area contributed by atoms with Gasteiger partial charge >= 0.3 is 0 Å². The monoisotopic (exact) mass is 586 g/mol. The number of aromatic nitrogens is 4. The molecule has 31 heavy (non-hydrogen) atoms. The van der Waals surface area contributed by atoms with Crippen LogP contribution in [-0.2, 0) is 20.1 Å². The van der Waals surface area contributed by atoms with Gasteiger partial charge in [0.05, 0.1) is 17.1 Å². The summed E-state index contributed by atoms with van der Waals surface area (Å²) in [5.74, 6) is 0.695. The Morgan fingerprint density at radius 2 is 1.61 bits per heavy atom. The van der Waals surface area contributed by atoms with Gasteiger partial charge in [-0.05, 0) is 73.2 Å². The number of oxazole rings is 1. The molecule has 0 saturated heterocycles. The molecule has 0 aliphatic rings. The smallest absolute Gasteiger partial charge is 0.170 e. The zero-order valence-corrected chi connectivity index (χ0v) is 20.1. The molecule has 0 atom stereocenters. The van der Waals surface area contributed by atoms with E-state index in [0.717, 1.165) is 27.9 Å². The van der Waals surface area contributed by atoms with E-state index in [9.17, 15) is 0 Å². The van der Waals surface area contributed by atoms with Crippen LogP contribution in [0.2, 0.25) is 0 Å². The molecule has 157 valence electrons. The van der Waals surface area contributed by atoms with Gasteiger partial charge in [-0.15, -0.1) is 12.1 Å². The van der Waals surface area contributed by atoms with Crippen LogP contribution in [0.3, 0.4) is 0 Å². The topological polar surface area (TPSA) is 56.7 Å². The third-order valence-corrected chi connectivity index (χ3v) is 5.54. The molecule has 5 nitrogen and oxygen atoms in total. The summed E-state index contributed by atoms with van der Waals surface area (Å²) in [4.78, 5) is 8.87. The average molecular weight is 586 g/mol. The standard InChI is InChI=1S/C25H21N4O.Ir/c1-15-7-5-8-16(2)22(15)19-11-17(3)24(18(4)12-19)29-25(26-13-28-29)20-9-6-10-21-23(20)27-14-30-21;/h5-8,10-14H,1-4H3;/q-1;. The maximum absolute atomic E-state index is 5.45. The van der Waals surface area contributed by atoms with Gasteiger partial charge in [0.15, 0.2) is 6.39 Å². The minimum absolute atomic E-state index is 0. The van der Waals surface area contributed by atoms with Crippen molar-refractivity contribution < 1.29 is 24.5 Å². The van der Waals surface area contributed by atoms with E-state index in [4.69, 9.17) is 4.42 Å². The van der Waals surface area contributed by atoms with Crippen LogP contribution in [0.4, 0.5) is 0 Å². The van der Waals surface area contributed by atoms with Crippen LogP contribution in [0.1, 0.15) is 22.3 Å². The van der Waals surface area contributed by atoms with E-state index in [0.29, 0.717) is 11.4 Å². The summed E-state index contributed by atoms with van der Waals surface area (Å²) in [6, 6.07) is 17.8. The first kappa shape index (κ1) is 21.2. The summed E-state index contributed by atoms with van der Waals surface area (Å²) in [7, 11) is 0. The second-order valence-corrected chi connectivity index (χ2v) is 7.64. The van der Waals surface area contributed by atoms with Gasteiger partial charge in [-0.25, -0.2) is 0 Å². The fraction of sp³-hybridized carbons (Fsp3) is 0.160. The van der Waals surface area contributed by atoms with Crippen LogP contribution in [0.15, 0.2) is 59.6 Å². The summed E-state index contributed by atoms with van der Waals surface area (Å²) in [5, 5.41) is 4.54. The molecule has 3 aromatic carbocycles. The molecule has 0 N–H and O–H groups in total. The van der Waals surface area contributed by atoms with Crippen molar-refractivity contribution in [2.75, 3.05) is 0 Å². The summed E-state index contributed by atoms with van der Waals surface area (Å²) in [6.45, 7) is 8.55. The van der Waals surface area contributed by atoms with Crippen LogP contribution < -0.4 is 0 Å². The van der Waals surface area contributed by atoms with Crippen molar-refractivity contribution in [3.8, 4) is 28.2 Å². The number of nitrogens with zero attached hydrogens (tertiary/aromatic N) is 4. The maximum atomic E-state index is 5.45. The predicted octanol–water partition coefficient (Wildman–Crippen LogP) is 5.77. The van der Waals surface area contributed by atoms with E-state index in [1.54, 1.807) is 6.33 Å². The molecule has 2 aromatic heterocycles. The second-order valence-electron chi connectivity index (χ2n) is 7.64. The van der Waals surface area contributed by atoms with Gasteiger partial charge in [0, 0.05) is 25.6 Å². The number of hydrogen-bond donors (Lipinski definition) is 0. The van der Waals surface area contributed by atoms with Gasteiger partial charge in [0.1, 0.15) is 6.33 Å². The largest absolute Gasteiger partial charge is 0.464 e. The third kappa shape index (κ3) is 3.52. The Morgan fingerprint density at radius 3 is 2.32 bits per heavy atom. The SMILES string of the molecule is Cc1cccc(C)c1-c1cc(C)c(-n2ncnc2-c2[c-]ccc3ocnc23)c(C)c1.[Ir]. The Kier molecular flexibility index (Phi) is 5.61. The van der Waals surface area contributed by atoms with Crippen LogP contribution in [0.5, 0.6) is 0 Å². The molecule has 0 spiro atoms. The minimum atomic E-state index is 0. The molecule has 0 saturated carbocycles. The van der Waals surface area contributed by atoms with E-state index in [-0.39, 0.29) is 20.1 Å². The van der Waals surface area contributed by atoms with Crippen molar-refractivity contribution in [2.45, 2.75) is 27.7 Å². The molecule has 6 heteroatoms. The number of benzene rings is 3. The number of fused-ring (bicyclic) bond motifs is 1. The molecular formula is C25H21IrN4O-. The van der Waals surface area contributed by atoms with Crippen LogP contribution >= 0.6 is 0 Å². The average Bonchev–Trinajstić information content (AvgIpc) is 3.36. The molecule has 0 fully saturated rings. The third-order valence-electron chi connectivity index (χ3n) is 5.54. The van der Waals surface area contributed by atoms with Crippen molar-refractivity contribution >= 4 is 11.1 Å². The zero-order chi connectivity index (χ0) is 20.8. The van der Waals surface area contributed by atoms with Crippen molar-refractivity contribution in [3.05, 3.63) is 83.5 Å². The number of rotatable bonds is 3. The van der Waals surface area contributed by atoms with Crippen molar-refractivity contribution in [1.82, 2.24) is 19.7 Å². The molecule has 0 bridgehead atoms. The molecule has 5 aromatic rings. The van der Waals surface area contributed by atoms with E-state index in [2.05, 4.69) is 79.2 Å². The Hall–Kier alpha value is -3.08. The van der Waals surface area contributed by atoms with E-state index >= 15 is 0 Å². The second kappa shape index (κ2) is 8.22. The van der Waals surface area contributed by atoms with E-state index in [1.165, 1.54) is 28.6 Å². The molecule has 0 aliphatic carbocycles. The first-order valence-corrected chi connectivity index (χ1v) is 9.87. The van der Waals surface area contributed by atoms with Gasteiger partial charge in [-0.2, -0.15) is 5.10 Å². The fourth-order valence-corrected chi connectivity index (χ4v) is 4.28. The van der Waals surface area contributed by atoms with E-state index in [1.807, 2.05) is 16.8 Å². The van der Waals surface area contributed by atoms with Crippen molar-refractivity contribution in [3.63, 3.8) is 0 Å². The van der Waals surface area contributed by atoms with Gasteiger partial charge in [0.2, 0.25) is 0 Å². The molecule has 0 unspecified atom stereocenters. The van der Waals surface area contributed by atoms with Gasteiger partial charge in [-0.1, -0.05) is 29.8 Å². The van der Waals surface area contributed by atoms with Gasteiger partial charge in [0.25, 0.3) is 0 Å².